The second kappa shape index (κ2) is 10.8. The van der Waals surface area contributed by atoms with Crippen LogP contribution in [0.25, 0.3) is 0 Å². The summed E-state index contributed by atoms with van der Waals surface area (Å²) < 4.78 is 5.39. The van der Waals surface area contributed by atoms with Crippen molar-refractivity contribution < 1.29 is 14.3 Å². The Kier molecular flexibility index (Phi) is 7.62. The molecule has 2 fully saturated rings. The van der Waals surface area contributed by atoms with E-state index in [9.17, 15) is 9.59 Å². The number of ether oxygens (including phenoxy) is 1. The lowest BCUT2D eigenvalue weighted by Gasteiger charge is -2.37. The fourth-order valence-electron chi connectivity index (χ4n) is 4.62. The summed E-state index contributed by atoms with van der Waals surface area (Å²) in [6, 6.07) is 16.4. The van der Waals surface area contributed by atoms with Gasteiger partial charge < -0.3 is 9.64 Å². The van der Waals surface area contributed by atoms with Gasteiger partial charge in [-0.1, -0.05) is 35.9 Å². The summed E-state index contributed by atoms with van der Waals surface area (Å²) in [5.41, 5.74) is 3.54. The van der Waals surface area contributed by atoms with Crippen molar-refractivity contribution in [2.75, 3.05) is 64.4 Å². The Morgan fingerprint density at radius 2 is 1.48 bits per heavy atom. The first-order chi connectivity index (χ1) is 16.0. The van der Waals surface area contributed by atoms with Crippen LogP contribution < -0.4 is 9.64 Å². The first-order valence-corrected chi connectivity index (χ1v) is 11.7. The van der Waals surface area contributed by atoms with Gasteiger partial charge in [0, 0.05) is 50.5 Å². The Morgan fingerprint density at radius 1 is 0.818 bits per heavy atom. The highest BCUT2D eigenvalue weighted by Crippen LogP contribution is 2.21. The molecule has 0 unspecified atom stereocenters. The van der Waals surface area contributed by atoms with Crippen molar-refractivity contribution in [3.63, 3.8) is 0 Å². The Bertz CT molecular complexity index is 936. The summed E-state index contributed by atoms with van der Waals surface area (Å²) in [4.78, 5) is 33.5. The summed E-state index contributed by atoms with van der Waals surface area (Å²) in [7, 11) is 1.63. The molecule has 2 heterocycles. The van der Waals surface area contributed by atoms with Crippen molar-refractivity contribution in [1.82, 2.24) is 14.7 Å². The van der Waals surface area contributed by atoms with E-state index < -0.39 is 0 Å². The lowest BCUT2D eigenvalue weighted by Crippen LogP contribution is -2.54. The summed E-state index contributed by atoms with van der Waals surface area (Å²) in [6.07, 6.45) is 0.814. The number of carbonyl (C=O) groups excluding carboxylic acids is 2. The minimum atomic E-state index is -0.106. The molecule has 7 heteroatoms. The van der Waals surface area contributed by atoms with Gasteiger partial charge in [-0.05, 0) is 38.1 Å². The van der Waals surface area contributed by atoms with Crippen molar-refractivity contribution in [3.05, 3.63) is 59.7 Å². The van der Waals surface area contributed by atoms with Gasteiger partial charge in [0.1, 0.15) is 5.75 Å². The average molecular weight is 451 g/mol. The van der Waals surface area contributed by atoms with E-state index in [0.29, 0.717) is 13.1 Å². The third kappa shape index (κ3) is 5.92. The molecule has 4 rings (SSSR count). The maximum Gasteiger partial charge on any atom is 0.243 e. The van der Waals surface area contributed by atoms with Crippen LogP contribution in [-0.4, -0.2) is 86.0 Å². The number of imide groups is 1. The highest BCUT2D eigenvalue weighted by Gasteiger charge is 2.31. The number of hydrogen-bond acceptors (Lipinski definition) is 6. The third-order valence-electron chi connectivity index (χ3n) is 6.53. The number of aryl methyl sites for hydroxylation is 1. The fraction of sp³-hybridized carbons (Fsp3) is 0.462. The topological polar surface area (TPSA) is 56.3 Å². The highest BCUT2D eigenvalue weighted by molar-refractivity contribution is 5.99. The highest BCUT2D eigenvalue weighted by atomic mass is 16.5. The smallest absolute Gasteiger partial charge is 0.243 e. The van der Waals surface area contributed by atoms with E-state index in [1.165, 1.54) is 16.2 Å². The van der Waals surface area contributed by atoms with Crippen molar-refractivity contribution in [2.45, 2.75) is 19.9 Å². The van der Waals surface area contributed by atoms with Gasteiger partial charge in [-0.3, -0.25) is 24.3 Å². The molecule has 0 saturated carbocycles. The minimum Gasteiger partial charge on any atom is -0.496 e. The van der Waals surface area contributed by atoms with Gasteiger partial charge in [0.05, 0.1) is 20.2 Å². The van der Waals surface area contributed by atoms with Crippen LogP contribution in [0.1, 0.15) is 17.5 Å². The van der Waals surface area contributed by atoms with Gasteiger partial charge in [-0.25, -0.2) is 0 Å². The maximum atomic E-state index is 12.7. The SMILES string of the molecule is COc1ccccc1CN1CC(=O)N(CCCN2CCN(c3ccc(C)cc3)CC2)C(=O)C1. The molecule has 2 aromatic rings. The molecule has 2 aliphatic heterocycles. The molecule has 7 nitrogen and oxygen atoms in total. The third-order valence-corrected chi connectivity index (χ3v) is 6.53. The number of benzene rings is 2. The van der Waals surface area contributed by atoms with Crippen LogP contribution in [0.3, 0.4) is 0 Å². The molecule has 0 atom stereocenters. The second-order valence-electron chi connectivity index (χ2n) is 8.91. The molecular formula is C26H34N4O3. The standard InChI is InChI=1S/C26H34N4O3/c1-21-8-10-23(11-9-21)29-16-14-27(15-17-29)12-5-13-30-25(31)19-28(20-26(30)32)18-22-6-3-4-7-24(22)33-2/h3-4,6-11H,5,12-20H2,1-2H3. The molecule has 2 saturated heterocycles. The number of rotatable bonds is 8. The van der Waals surface area contributed by atoms with E-state index in [2.05, 4.69) is 41.0 Å². The predicted octanol–water partition coefficient (Wildman–Crippen LogP) is 2.39. The number of para-hydroxylation sites is 1. The van der Waals surface area contributed by atoms with Crippen LogP contribution in [0, 0.1) is 6.92 Å². The molecule has 0 aromatic heterocycles. The molecular weight excluding hydrogens is 416 g/mol. The molecule has 0 radical (unpaired) electrons. The average Bonchev–Trinajstić information content (AvgIpc) is 2.82. The van der Waals surface area contributed by atoms with Gasteiger partial charge in [-0.15, -0.1) is 0 Å². The zero-order valence-corrected chi connectivity index (χ0v) is 19.7. The molecule has 176 valence electrons. The molecule has 0 bridgehead atoms. The van der Waals surface area contributed by atoms with E-state index in [4.69, 9.17) is 4.74 Å². The van der Waals surface area contributed by atoms with Crippen LogP contribution >= 0.6 is 0 Å². The minimum absolute atomic E-state index is 0.106. The van der Waals surface area contributed by atoms with Crippen LogP contribution in [-0.2, 0) is 16.1 Å². The predicted molar refractivity (Wildman–Crippen MR) is 129 cm³/mol. The molecule has 2 aromatic carbocycles. The number of amides is 2. The van der Waals surface area contributed by atoms with E-state index in [1.54, 1.807) is 7.11 Å². The number of nitrogens with zero attached hydrogens (tertiary/aromatic N) is 4. The maximum absolute atomic E-state index is 12.7. The summed E-state index contributed by atoms with van der Waals surface area (Å²) in [5, 5.41) is 0. The van der Waals surface area contributed by atoms with E-state index in [-0.39, 0.29) is 24.9 Å². The zero-order valence-electron chi connectivity index (χ0n) is 19.7. The quantitative estimate of drug-likeness (QED) is 0.576. The summed E-state index contributed by atoms with van der Waals surface area (Å²) >= 11 is 0. The molecule has 0 spiro atoms. The monoisotopic (exact) mass is 450 g/mol. The van der Waals surface area contributed by atoms with Gasteiger partial charge in [-0.2, -0.15) is 0 Å². The van der Waals surface area contributed by atoms with Gasteiger partial charge in [0.25, 0.3) is 0 Å². The summed E-state index contributed by atoms with van der Waals surface area (Å²) in [6.45, 7) is 8.58. The molecule has 2 aliphatic rings. The number of carbonyl (C=O) groups is 2. The first kappa shape index (κ1) is 23.3. The van der Waals surface area contributed by atoms with Gasteiger partial charge >= 0.3 is 0 Å². The van der Waals surface area contributed by atoms with Crippen LogP contribution in [0.15, 0.2) is 48.5 Å². The van der Waals surface area contributed by atoms with Crippen molar-refractivity contribution in [3.8, 4) is 5.75 Å². The number of anilines is 1. The number of hydrogen-bond donors (Lipinski definition) is 0. The Balaban J connectivity index is 1.20. The van der Waals surface area contributed by atoms with Crippen molar-refractivity contribution >= 4 is 17.5 Å². The molecule has 33 heavy (non-hydrogen) atoms. The van der Waals surface area contributed by atoms with Gasteiger partial charge in [0.15, 0.2) is 0 Å². The first-order valence-electron chi connectivity index (χ1n) is 11.7. The lowest BCUT2D eigenvalue weighted by molar-refractivity contribution is -0.151. The van der Waals surface area contributed by atoms with E-state index in [0.717, 1.165) is 50.5 Å². The Morgan fingerprint density at radius 3 is 2.15 bits per heavy atom. The zero-order chi connectivity index (χ0) is 23.2. The Labute approximate surface area is 196 Å². The van der Waals surface area contributed by atoms with Gasteiger partial charge in [0.2, 0.25) is 11.8 Å². The van der Waals surface area contributed by atoms with E-state index >= 15 is 0 Å². The normalized spacial score (nSPS) is 18.1. The largest absolute Gasteiger partial charge is 0.496 e. The van der Waals surface area contributed by atoms with Crippen molar-refractivity contribution in [2.24, 2.45) is 0 Å². The molecule has 2 amide bonds. The van der Waals surface area contributed by atoms with Crippen LogP contribution in [0.2, 0.25) is 0 Å². The number of methoxy groups -OCH3 is 1. The fourth-order valence-corrected chi connectivity index (χ4v) is 4.62. The molecule has 0 N–H and O–H groups in total. The number of piperazine rings is 2. The van der Waals surface area contributed by atoms with Crippen LogP contribution in [0.4, 0.5) is 5.69 Å². The van der Waals surface area contributed by atoms with Crippen LogP contribution in [0.5, 0.6) is 5.75 Å². The van der Waals surface area contributed by atoms with E-state index in [1.807, 2.05) is 29.2 Å². The Hall–Kier alpha value is -2.90. The second-order valence-corrected chi connectivity index (χ2v) is 8.91. The lowest BCUT2D eigenvalue weighted by atomic mass is 10.1. The summed E-state index contributed by atoms with van der Waals surface area (Å²) in [5.74, 6) is 0.568. The van der Waals surface area contributed by atoms with Crippen molar-refractivity contribution in [1.29, 1.82) is 0 Å². The molecule has 0 aliphatic carbocycles.